The van der Waals surface area contributed by atoms with Gasteiger partial charge in [-0.15, -0.1) is 68.0 Å². The van der Waals surface area contributed by atoms with Gasteiger partial charge in [0.15, 0.2) is 5.78 Å². The first-order valence-corrected chi connectivity index (χ1v) is 30.6. The Kier molecular flexibility index (Phi) is 19.0. The van der Waals surface area contributed by atoms with E-state index >= 15 is 0 Å². The van der Waals surface area contributed by atoms with Gasteiger partial charge in [-0.1, -0.05) is 50.8 Å². The van der Waals surface area contributed by atoms with Gasteiger partial charge in [0.25, 0.3) is 5.91 Å². The van der Waals surface area contributed by atoms with Gasteiger partial charge in [-0.25, -0.2) is 39.7 Å². The molecule has 7 aromatic heterocycles. The van der Waals surface area contributed by atoms with Crippen LogP contribution in [0.15, 0.2) is 70.6 Å². The molecule has 0 saturated heterocycles. The first-order valence-electron chi connectivity index (χ1n) is 25.5. The number of methoxy groups -OCH3 is 1. The number of ketones is 1. The first kappa shape index (κ1) is 58.6. The van der Waals surface area contributed by atoms with Gasteiger partial charge in [0.2, 0.25) is 11.8 Å². The van der Waals surface area contributed by atoms with Gasteiger partial charge in [0, 0.05) is 71.5 Å². The van der Waals surface area contributed by atoms with Crippen LogP contribution in [0.5, 0.6) is 0 Å². The Morgan fingerprint density at radius 3 is 2.27 bits per heavy atom. The van der Waals surface area contributed by atoms with E-state index in [9.17, 15) is 29.1 Å². The third-order valence-corrected chi connectivity index (χ3v) is 18.6. The Labute approximate surface area is 490 Å². The molecule has 0 saturated carbocycles. The van der Waals surface area contributed by atoms with E-state index in [4.69, 9.17) is 34.6 Å². The fourth-order valence-electron chi connectivity index (χ4n) is 8.53. The number of anilines is 1. The second-order valence-corrected chi connectivity index (χ2v) is 25.1. The number of nitrogens with zero attached hydrogens (tertiary/aromatic N) is 8. The van der Waals surface area contributed by atoms with Crippen molar-refractivity contribution in [2.45, 2.75) is 64.3 Å². The van der Waals surface area contributed by atoms with Crippen LogP contribution in [-0.4, -0.2) is 122 Å². The van der Waals surface area contributed by atoms with Gasteiger partial charge in [-0.05, 0) is 44.6 Å². The van der Waals surface area contributed by atoms with E-state index in [0.29, 0.717) is 99.1 Å². The fraction of sp³-hybridized carbons (Fsp3) is 0.333. The van der Waals surface area contributed by atoms with Gasteiger partial charge in [0.05, 0.1) is 46.9 Å². The summed E-state index contributed by atoms with van der Waals surface area (Å²) in [5, 5.41) is 39.2. The van der Waals surface area contributed by atoms with E-state index in [1.54, 1.807) is 55.1 Å². The maximum atomic E-state index is 14.4. The van der Waals surface area contributed by atoms with E-state index in [1.807, 2.05) is 55.7 Å². The summed E-state index contributed by atoms with van der Waals surface area (Å²) in [5.41, 5.74) is 4.10. The van der Waals surface area contributed by atoms with Gasteiger partial charge in [-0.2, -0.15) is 0 Å². The van der Waals surface area contributed by atoms with Crippen LogP contribution in [0, 0.1) is 12.8 Å². The third-order valence-electron chi connectivity index (χ3n) is 12.8. The molecule has 1 aliphatic heterocycles. The van der Waals surface area contributed by atoms with Crippen molar-refractivity contribution < 1.29 is 33.8 Å². The van der Waals surface area contributed by atoms with Gasteiger partial charge in [-0.3, -0.25) is 24.5 Å². The lowest BCUT2D eigenvalue weighted by Crippen LogP contribution is -2.38. The number of hydrogen-bond acceptors (Lipinski definition) is 22. The average Bonchev–Trinajstić information content (AvgIpc) is 4.53. The number of benzene rings is 1. The summed E-state index contributed by atoms with van der Waals surface area (Å²) in [4.78, 5) is 106. The number of carbonyl (C=O) groups excluding carboxylic acids is 5. The topological polar surface area (TPSA) is 280 Å². The van der Waals surface area contributed by atoms with E-state index in [0.717, 1.165) is 4.88 Å². The van der Waals surface area contributed by atoms with E-state index in [2.05, 4.69) is 43.5 Å². The number of hydrogen-bond donors (Lipinski definition) is 7. The smallest absolute Gasteiger partial charge is 0.320 e. The van der Waals surface area contributed by atoms with Crippen LogP contribution < -0.4 is 31.9 Å². The summed E-state index contributed by atoms with van der Waals surface area (Å²) < 4.78 is 5.58. The Morgan fingerprint density at radius 1 is 0.802 bits per heavy atom. The lowest BCUT2D eigenvalue weighted by Gasteiger charge is -2.23. The molecule has 10 bridgehead atoms. The van der Waals surface area contributed by atoms with Crippen LogP contribution >= 0.6 is 68.0 Å². The molecule has 0 spiro atoms. The quantitative estimate of drug-likeness (QED) is 0.0602. The summed E-state index contributed by atoms with van der Waals surface area (Å²) in [5.74, 6) is -1.67. The lowest BCUT2D eigenvalue weighted by molar-refractivity contribution is -0.122. The molecule has 0 fully saturated rings. The number of pyridine rings is 1. The highest BCUT2D eigenvalue weighted by atomic mass is 32.1. The van der Waals surface area contributed by atoms with Crippen LogP contribution in [0.1, 0.15) is 108 Å². The average molecular weight is 1210 g/mol. The summed E-state index contributed by atoms with van der Waals surface area (Å²) in [6.45, 7) is 11.1. The molecular formula is C54H58N14O7S6. The van der Waals surface area contributed by atoms with Crippen molar-refractivity contribution in [3.63, 3.8) is 0 Å². The van der Waals surface area contributed by atoms with Crippen molar-refractivity contribution in [3.8, 4) is 43.4 Å². The number of nitrogens with one attached hydrogen (secondary N) is 6. The maximum absolute atomic E-state index is 14.4. The van der Waals surface area contributed by atoms with Gasteiger partial charge < -0.3 is 41.3 Å². The lowest BCUT2D eigenvalue weighted by atomic mass is 9.90. The molecule has 8 heterocycles. The molecule has 5 amide bonds. The molecule has 9 rings (SSSR count). The molecule has 0 radical (unpaired) electrons. The number of Topliss-reactive ketones (excluding diaryl/α,β-unsaturated/α-hetero) is 1. The number of rotatable bonds is 12. The summed E-state index contributed by atoms with van der Waals surface area (Å²) in [7, 11) is 6.91. The predicted molar refractivity (Wildman–Crippen MR) is 319 cm³/mol. The van der Waals surface area contributed by atoms with Crippen LogP contribution in [-0.2, 0) is 20.9 Å². The highest BCUT2D eigenvalue weighted by molar-refractivity contribution is 7.15. The normalized spacial score (nSPS) is 16.6. The van der Waals surface area contributed by atoms with E-state index in [1.165, 1.54) is 75.1 Å². The van der Waals surface area contributed by atoms with Crippen molar-refractivity contribution in [2.75, 3.05) is 53.2 Å². The first-order chi connectivity index (χ1) is 39.0. The second kappa shape index (κ2) is 26.2. The molecule has 1 aliphatic rings. The zero-order chi connectivity index (χ0) is 57.5. The van der Waals surface area contributed by atoms with E-state index in [-0.39, 0.29) is 60.9 Å². The Hall–Kier alpha value is -7.08. The molecular weight excluding hydrogens is 1150 g/mol. The molecule has 21 nitrogen and oxygen atoms in total. The number of aryl methyl sites for hydroxylation is 1. The van der Waals surface area contributed by atoms with Crippen molar-refractivity contribution in [1.29, 1.82) is 0 Å². The van der Waals surface area contributed by atoms with E-state index < -0.39 is 36.0 Å². The summed E-state index contributed by atoms with van der Waals surface area (Å²) in [6, 6.07) is 10.3. The van der Waals surface area contributed by atoms with Crippen molar-refractivity contribution in [1.82, 2.24) is 66.4 Å². The molecule has 7 N–H and O–H groups in total. The highest BCUT2D eigenvalue weighted by Gasteiger charge is 2.32. The minimum atomic E-state index is -1.20. The number of amides is 5. The molecule has 8 aromatic rings. The zero-order valence-corrected chi connectivity index (χ0v) is 50.0. The van der Waals surface area contributed by atoms with Gasteiger partial charge >= 0.3 is 6.03 Å². The molecule has 0 unspecified atom stereocenters. The number of aliphatic hydroxyl groups is 1. The van der Waals surface area contributed by atoms with Crippen LogP contribution in [0.2, 0.25) is 0 Å². The Balaban J connectivity index is 1.11. The SMILES string of the molecule is C=C1NCC(=O)N[C@@H]([C@@H](O)c2ccccc2)c2nc(cs2)-c2nc(cs2)-c2nc(-c3nc(NC(=O)NCCN(C)C)cs3)ccc2-c2nc(cs2)C(=O)N[C@@H](CC(=O)NC)c2nc(c(C)s2)C(=O)C[C@H](C(C)C)c2nc1c(COC)s2. The van der Waals surface area contributed by atoms with Gasteiger partial charge in [0.1, 0.15) is 77.2 Å². The minimum absolute atomic E-state index is 0.0453. The third kappa shape index (κ3) is 14.0. The number of carbonyl (C=O) groups is 5. The second-order valence-electron chi connectivity index (χ2n) is 19.3. The number of likely N-dealkylation sites (N-methyl/N-ethyl adjacent to an activating group) is 1. The molecule has 0 aliphatic carbocycles. The molecule has 81 heavy (non-hydrogen) atoms. The maximum Gasteiger partial charge on any atom is 0.320 e. The molecule has 422 valence electrons. The predicted octanol–water partition coefficient (Wildman–Crippen LogP) is 8.71. The summed E-state index contributed by atoms with van der Waals surface area (Å²) >= 11 is 7.69. The number of fused-ring (bicyclic) bond motifs is 14. The van der Waals surface area contributed by atoms with Crippen LogP contribution in [0.4, 0.5) is 10.6 Å². The number of thiazole rings is 6. The number of aromatic nitrogens is 7. The van der Waals surface area contributed by atoms with Crippen molar-refractivity contribution in [3.05, 3.63) is 118 Å². The Bertz CT molecular complexity index is 3580. The van der Waals surface area contributed by atoms with Crippen molar-refractivity contribution in [2.24, 2.45) is 5.92 Å². The fourth-order valence-corrected chi connectivity index (χ4v) is 14.1. The Morgan fingerprint density at radius 2 is 1.52 bits per heavy atom. The van der Waals surface area contributed by atoms with Crippen molar-refractivity contribution >= 4 is 109 Å². The zero-order valence-electron chi connectivity index (χ0n) is 45.1. The standard InChI is InChI=1S/C54H58N14O7S6/c1-26(2)31-18-37(69)43-28(4)80-52(67-43)33(19-40(70)55-5)59-47(73)35-23-76-48(61-35)30-14-15-32(50-63-39(25-79-50)64-54(74)56-16-17-68(6)7)58-44(30)34-22-77-51(60-34)36-24-78-53(62-36)45(46(72)29-12-10-9-11-13-29)65-41(71)20-57-27(3)42-38(21-75-8)81-49(31)66-42/h9-15,22-26,31,33,45-46,57,72H,3,16-21H2,1-2,4-8H3,(H,55,70)(H,59,73)(H,65,71)(H2,56,64,74)/t31-,33+,45+,46+/m1/s1. The molecule has 27 heteroatoms. The largest absolute Gasteiger partial charge is 0.386 e. The van der Waals surface area contributed by atoms with Crippen LogP contribution in [0.25, 0.3) is 49.1 Å². The minimum Gasteiger partial charge on any atom is -0.386 e. The highest BCUT2D eigenvalue weighted by Crippen LogP contribution is 2.41. The monoisotopic (exact) mass is 1210 g/mol. The molecule has 4 atom stereocenters. The summed E-state index contributed by atoms with van der Waals surface area (Å²) in [6.07, 6.45) is -1.30. The molecule has 1 aromatic carbocycles. The number of aliphatic hydroxyl groups excluding tert-OH is 1. The van der Waals surface area contributed by atoms with Crippen LogP contribution in [0.3, 0.4) is 0 Å². The number of ether oxygens (including phenoxy) is 1. The number of urea groups is 1.